The number of amides is 1. The zero-order valence-electron chi connectivity index (χ0n) is 13.4. The summed E-state index contributed by atoms with van der Waals surface area (Å²) in [5.74, 6) is 1.28. The van der Waals surface area contributed by atoms with E-state index in [0.717, 1.165) is 11.3 Å². The highest BCUT2D eigenvalue weighted by Gasteiger charge is 2.29. The molecule has 0 aromatic heterocycles. The molecule has 124 valence electrons. The van der Waals surface area contributed by atoms with Gasteiger partial charge in [0.05, 0.1) is 5.69 Å². The molecule has 7 heteroatoms. The summed E-state index contributed by atoms with van der Waals surface area (Å²) in [7, 11) is 0. The molecule has 1 amide bonds. The summed E-state index contributed by atoms with van der Waals surface area (Å²) >= 11 is 0. The second kappa shape index (κ2) is 6.55. The van der Waals surface area contributed by atoms with Gasteiger partial charge in [-0.05, 0) is 18.2 Å². The molecule has 1 saturated heterocycles. The second-order valence-electron chi connectivity index (χ2n) is 6.16. The SMILES string of the molecule is CC(C)NCC(O)COc1ccc2c(c1)CN1CC(=O)NC1=N2. The summed E-state index contributed by atoms with van der Waals surface area (Å²) < 4.78 is 5.66. The Kier molecular flexibility index (Phi) is 4.49. The normalized spacial score (nSPS) is 17.5. The Labute approximate surface area is 135 Å². The van der Waals surface area contributed by atoms with Crippen molar-refractivity contribution in [2.45, 2.75) is 32.5 Å². The quantitative estimate of drug-likeness (QED) is 0.705. The average molecular weight is 318 g/mol. The van der Waals surface area contributed by atoms with Crippen molar-refractivity contribution in [3.05, 3.63) is 23.8 Å². The van der Waals surface area contributed by atoms with Gasteiger partial charge < -0.3 is 20.1 Å². The van der Waals surface area contributed by atoms with E-state index in [0.29, 0.717) is 37.4 Å². The van der Waals surface area contributed by atoms with Gasteiger partial charge in [-0.1, -0.05) is 13.8 Å². The van der Waals surface area contributed by atoms with Crippen molar-refractivity contribution in [2.24, 2.45) is 4.99 Å². The largest absolute Gasteiger partial charge is 0.491 e. The van der Waals surface area contributed by atoms with Crippen LogP contribution >= 0.6 is 0 Å². The molecule has 3 N–H and O–H groups in total. The third-order valence-electron chi connectivity index (χ3n) is 3.73. The maximum absolute atomic E-state index is 11.4. The number of carbonyl (C=O) groups is 1. The van der Waals surface area contributed by atoms with Crippen LogP contribution in [-0.4, -0.2) is 53.7 Å². The first-order valence-corrected chi connectivity index (χ1v) is 7.82. The summed E-state index contributed by atoms with van der Waals surface area (Å²) in [6.45, 7) is 5.76. The molecule has 7 nitrogen and oxygen atoms in total. The van der Waals surface area contributed by atoms with E-state index in [9.17, 15) is 9.90 Å². The monoisotopic (exact) mass is 318 g/mol. The Morgan fingerprint density at radius 3 is 3.04 bits per heavy atom. The molecule has 0 spiro atoms. The molecule has 2 aliphatic rings. The summed E-state index contributed by atoms with van der Waals surface area (Å²) in [5.41, 5.74) is 1.85. The number of aliphatic hydroxyl groups is 1. The molecule has 0 radical (unpaired) electrons. The van der Waals surface area contributed by atoms with E-state index in [2.05, 4.69) is 15.6 Å². The predicted molar refractivity (Wildman–Crippen MR) is 86.7 cm³/mol. The van der Waals surface area contributed by atoms with Gasteiger partial charge in [-0.3, -0.25) is 10.1 Å². The smallest absolute Gasteiger partial charge is 0.246 e. The van der Waals surface area contributed by atoms with Gasteiger partial charge in [0.2, 0.25) is 11.9 Å². The number of benzene rings is 1. The Balaban J connectivity index is 1.60. The summed E-state index contributed by atoms with van der Waals surface area (Å²) in [5, 5.41) is 15.8. The van der Waals surface area contributed by atoms with E-state index in [1.54, 1.807) is 0 Å². The van der Waals surface area contributed by atoms with Crippen LogP contribution in [0.4, 0.5) is 5.69 Å². The van der Waals surface area contributed by atoms with Crippen LogP contribution in [-0.2, 0) is 11.3 Å². The molecule has 1 aromatic rings. The van der Waals surface area contributed by atoms with Crippen molar-refractivity contribution in [1.29, 1.82) is 0 Å². The fraction of sp³-hybridized carbons (Fsp3) is 0.500. The molecule has 1 aromatic carbocycles. The molecule has 0 aliphatic carbocycles. The van der Waals surface area contributed by atoms with Gasteiger partial charge in [0, 0.05) is 24.7 Å². The Morgan fingerprint density at radius 2 is 2.26 bits per heavy atom. The Morgan fingerprint density at radius 1 is 1.43 bits per heavy atom. The zero-order valence-corrected chi connectivity index (χ0v) is 13.4. The third kappa shape index (κ3) is 3.80. The van der Waals surface area contributed by atoms with Crippen LogP contribution < -0.4 is 15.4 Å². The molecule has 0 bridgehead atoms. The minimum Gasteiger partial charge on any atom is -0.491 e. The van der Waals surface area contributed by atoms with Crippen LogP contribution in [0, 0.1) is 0 Å². The zero-order chi connectivity index (χ0) is 16.4. The second-order valence-corrected chi connectivity index (χ2v) is 6.16. The van der Waals surface area contributed by atoms with E-state index in [1.807, 2.05) is 36.9 Å². The van der Waals surface area contributed by atoms with Crippen molar-refractivity contribution in [2.75, 3.05) is 19.7 Å². The van der Waals surface area contributed by atoms with E-state index in [4.69, 9.17) is 4.74 Å². The lowest BCUT2D eigenvalue weighted by atomic mass is 10.1. The first kappa shape index (κ1) is 15.8. The molecule has 2 heterocycles. The average Bonchev–Trinajstić information content (AvgIpc) is 2.87. The van der Waals surface area contributed by atoms with Crippen molar-refractivity contribution in [1.82, 2.24) is 15.5 Å². The number of carbonyl (C=O) groups excluding carboxylic acids is 1. The number of hydrogen-bond donors (Lipinski definition) is 3. The number of aliphatic imine (C=N–C) groups is 1. The number of rotatable bonds is 6. The number of nitrogens with zero attached hydrogens (tertiary/aromatic N) is 2. The molecular weight excluding hydrogens is 296 g/mol. The van der Waals surface area contributed by atoms with Crippen LogP contribution in [0.25, 0.3) is 0 Å². The van der Waals surface area contributed by atoms with E-state index < -0.39 is 6.10 Å². The molecule has 0 saturated carbocycles. The molecular formula is C16H22N4O3. The van der Waals surface area contributed by atoms with Crippen molar-refractivity contribution in [3.8, 4) is 5.75 Å². The highest BCUT2D eigenvalue weighted by molar-refractivity contribution is 6.05. The third-order valence-corrected chi connectivity index (χ3v) is 3.73. The lowest BCUT2D eigenvalue weighted by Gasteiger charge is -2.23. The topological polar surface area (TPSA) is 86.2 Å². The molecule has 23 heavy (non-hydrogen) atoms. The van der Waals surface area contributed by atoms with Crippen LogP contribution in [0.2, 0.25) is 0 Å². The van der Waals surface area contributed by atoms with Gasteiger partial charge in [-0.25, -0.2) is 4.99 Å². The Bertz CT molecular complexity index is 630. The highest BCUT2D eigenvalue weighted by atomic mass is 16.5. The van der Waals surface area contributed by atoms with Crippen molar-refractivity contribution in [3.63, 3.8) is 0 Å². The maximum atomic E-state index is 11.4. The van der Waals surface area contributed by atoms with E-state index >= 15 is 0 Å². The van der Waals surface area contributed by atoms with Gasteiger partial charge >= 0.3 is 0 Å². The van der Waals surface area contributed by atoms with Crippen LogP contribution in [0.3, 0.4) is 0 Å². The van der Waals surface area contributed by atoms with E-state index in [1.165, 1.54) is 0 Å². The molecule has 2 aliphatic heterocycles. The molecule has 1 unspecified atom stereocenters. The van der Waals surface area contributed by atoms with Crippen molar-refractivity contribution < 1.29 is 14.6 Å². The van der Waals surface area contributed by atoms with Crippen LogP contribution in [0.5, 0.6) is 5.75 Å². The lowest BCUT2D eigenvalue weighted by molar-refractivity contribution is -0.118. The summed E-state index contributed by atoms with van der Waals surface area (Å²) in [6, 6.07) is 5.95. The number of aliphatic hydroxyl groups excluding tert-OH is 1. The molecule has 1 fully saturated rings. The van der Waals surface area contributed by atoms with Crippen LogP contribution in [0.15, 0.2) is 23.2 Å². The summed E-state index contributed by atoms with van der Waals surface area (Å²) in [6.07, 6.45) is -0.557. The van der Waals surface area contributed by atoms with E-state index in [-0.39, 0.29) is 12.5 Å². The first-order chi connectivity index (χ1) is 11.0. The number of guanidine groups is 1. The van der Waals surface area contributed by atoms with Gasteiger partial charge in [-0.2, -0.15) is 0 Å². The lowest BCUT2D eigenvalue weighted by Crippen LogP contribution is -2.35. The van der Waals surface area contributed by atoms with Gasteiger partial charge in [0.25, 0.3) is 0 Å². The summed E-state index contributed by atoms with van der Waals surface area (Å²) in [4.78, 5) is 17.8. The minimum absolute atomic E-state index is 0.0335. The van der Waals surface area contributed by atoms with Crippen LogP contribution in [0.1, 0.15) is 19.4 Å². The standard InChI is InChI=1S/C16H22N4O3/c1-10(2)17-6-12(21)9-23-13-3-4-14-11(5-13)7-20-8-15(22)19-16(20)18-14/h3-5,10,12,17,21H,6-9H2,1-2H3,(H,18,19,22). The number of fused-ring (bicyclic) bond motifs is 2. The number of nitrogens with one attached hydrogen (secondary N) is 2. The molecule has 3 rings (SSSR count). The van der Waals surface area contributed by atoms with Crippen molar-refractivity contribution >= 4 is 17.6 Å². The first-order valence-electron chi connectivity index (χ1n) is 7.82. The highest BCUT2D eigenvalue weighted by Crippen LogP contribution is 2.30. The fourth-order valence-electron chi connectivity index (χ4n) is 2.55. The Hall–Kier alpha value is -2.12. The fourth-order valence-corrected chi connectivity index (χ4v) is 2.55. The molecule has 1 atom stereocenters. The minimum atomic E-state index is -0.557. The number of ether oxygens (including phenoxy) is 1. The number of hydrogen-bond acceptors (Lipinski definition) is 6. The van der Waals surface area contributed by atoms with Gasteiger partial charge in [0.15, 0.2) is 0 Å². The van der Waals surface area contributed by atoms with Gasteiger partial charge in [0.1, 0.15) is 25.0 Å². The predicted octanol–water partition coefficient (Wildman–Crippen LogP) is 0.357. The maximum Gasteiger partial charge on any atom is 0.246 e. The van der Waals surface area contributed by atoms with Gasteiger partial charge in [-0.15, -0.1) is 0 Å².